The zero-order chi connectivity index (χ0) is 20.5. The van der Waals surface area contributed by atoms with Gasteiger partial charge < -0.3 is 15.1 Å². The molecule has 150 valence electrons. The van der Waals surface area contributed by atoms with Crippen LogP contribution in [0.3, 0.4) is 0 Å². The summed E-state index contributed by atoms with van der Waals surface area (Å²) in [5.74, 6) is 1.16. The number of anilines is 2. The Labute approximate surface area is 170 Å². The Hall–Kier alpha value is -3.22. The molecule has 0 saturated heterocycles. The van der Waals surface area contributed by atoms with Gasteiger partial charge in [0.05, 0.1) is 5.69 Å². The van der Waals surface area contributed by atoms with E-state index in [0.29, 0.717) is 17.9 Å². The lowest BCUT2D eigenvalue weighted by atomic mass is 10.00. The molecule has 4 rings (SSSR count). The summed E-state index contributed by atoms with van der Waals surface area (Å²) >= 11 is 0. The van der Waals surface area contributed by atoms with Crippen molar-refractivity contribution < 1.29 is 4.42 Å². The van der Waals surface area contributed by atoms with Crippen LogP contribution in [0, 0.1) is 6.92 Å². The molecule has 3 aromatic rings. The maximum Gasteiger partial charge on any atom is 0.315 e. The van der Waals surface area contributed by atoms with Gasteiger partial charge in [0.15, 0.2) is 0 Å². The van der Waals surface area contributed by atoms with E-state index in [2.05, 4.69) is 57.9 Å². The molecule has 29 heavy (non-hydrogen) atoms. The van der Waals surface area contributed by atoms with Crippen LogP contribution in [0.1, 0.15) is 50.2 Å². The number of nitrogens with zero attached hydrogens (tertiary/aromatic N) is 4. The summed E-state index contributed by atoms with van der Waals surface area (Å²) in [6, 6.07) is 9.21. The number of benzene rings is 1. The van der Waals surface area contributed by atoms with Crippen LogP contribution in [0.4, 0.5) is 12.0 Å². The van der Waals surface area contributed by atoms with Crippen LogP contribution in [0.15, 0.2) is 34.8 Å². The molecule has 0 saturated carbocycles. The number of rotatable bonds is 6. The summed E-state index contributed by atoms with van der Waals surface area (Å²) in [5.41, 5.74) is 6.27. The standard InChI is InChI=1S/C22H26N6O/c1-12(2)23-21-25-14(5)10-19(26-21)17-9-8-15-6-7-16(11-18(15)17)20-27-28-22(29-20)24-13(3)4/h6-7,9-13H,8H2,1-5H3,(H,24,28)(H,23,25,26). The molecule has 0 spiro atoms. The van der Waals surface area contributed by atoms with Crippen molar-refractivity contribution in [1.29, 1.82) is 0 Å². The fraction of sp³-hybridized carbons (Fsp3) is 0.364. The Morgan fingerprint density at radius 3 is 2.52 bits per heavy atom. The summed E-state index contributed by atoms with van der Waals surface area (Å²) in [4.78, 5) is 9.25. The molecule has 0 fully saturated rings. The van der Waals surface area contributed by atoms with E-state index >= 15 is 0 Å². The van der Waals surface area contributed by atoms with Gasteiger partial charge in [0.25, 0.3) is 0 Å². The number of fused-ring (bicyclic) bond motifs is 1. The van der Waals surface area contributed by atoms with Crippen LogP contribution in [0.2, 0.25) is 0 Å². The number of aromatic nitrogens is 4. The van der Waals surface area contributed by atoms with Gasteiger partial charge in [-0.05, 0) is 70.4 Å². The molecule has 0 atom stereocenters. The van der Waals surface area contributed by atoms with Crippen molar-refractivity contribution in [1.82, 2.24) is 20.2 Å². The quantitative estimate of drug-likeness (QED) is 0.642. The Balaban J connectivity index is 1.68. The van der Waals surface area contributed by atoms with Crippen LogP contribution < -0.4 is 10.6 Å². The van der Waals surface area contributed by atoms with Crippen molar-refractivity contribution in [3.63, 3.8) is 0 Å². The molecule has 1 aromatic carbocycles. The average molecular weight is 390 g/mol. The minimum atomic E-state index is 0.229. The van der Waals surface area contributed by atoms with E-state index in [4.69, 9.17) is 9.40 Å². The fourth-order valence-corrected chi connectivity index (χ4v) is 3.38. The molecule has 2 N–H and O–H groups in total. The zero-order valence-electron chi connectivity index (χ0n) is 17.4. The van der Waals surface area contributed by atoms with E-state index in [9.17, 15) is 0 Å². The first-order valence-corrected chi connectivity index (χ1v) is 9.95. The summed E-state index contributed by atoms with van der Waals surface area (Å²) in [7, 11) is 0. The maximum absolute atomic E-state index is 5.77. The molecular weight excluding hydrogens is 364 g/mol. The molecule has 0 unspecified atom stereocenters. The third kappa shape index (κ3) is 4.13. The van der Waals surface area contributed by atoms with Crippen LogP contribution >= 0.6 is 0 Å². The van der Waals surface area contributed by atoms with Crippen LogP contribution in [0.25, 0.3) is 17.0 Å². The molecule has 0 bridgehead atoms. The van der Waals surface area contributed by atoms with Gasteiger partial charge in [-0.1, -0.05) is 17.2 Å². The first-order chi connectivity index (χ1) is 13.9. The molecule has 2 aromatic heterocycles. The first-order valence-electron chi connectivity index (χ1n) is 9.95. The second-order valence-corrected chi connectivity index (χ2v) is 7.92. The van der Waals surface area contributed by atoms with Crippen molar-refractivity contribution in [3.8, 4) is 11.5 Å². The molecule has 0 radical (unpaired) electrons. The van der Waals surface area contributed by atoms with Gasteiger partial charge in [-0.15, -0.1) is 5.10 Å². The third-order valence-corrected chi connectivity index (χ3v) is 4.56. The molecule has 0 amide bonds. The Bertz CT molecular complexity index is 1070. The van der Waals surface area contributed by atoms with Crippen molar-refractivity contribution in [2.45, 2.75) is 53.1 Å². The van der Waals surface area contributed by atoms with Crippen molar-refractivity contribution in [2.75, 3.05) is 10.6 Å². The van der Waals surface area contributed by atoms with Crippen LogP contribution in [-0.2, 0) is 6.42 Å². The molecule has 7 heteroatoms. The molecule has 1 aliphatic carbocycles. The lowest BCUT2D eigenvalue weighted by Crippen LogP contribution is -2.13. The monoisotopic (exact) mass is 390 g/mol. The van der Waals surface area contributed by atoms with E-state index in [-0.39, 0.29) is 12.1 Å². The Morgan fingerprint density at radius 1 is 0.966 bits per heavy atom. The molecule has 0 aliphatic heterocycles. The average Bonchev–Trinajstić information content (AvgIpc) is 3.26. The third-order valence-electron chi connectivity index (χ3n) is 4.56. The second-order valence-electron chi connectivity index (χ2n) is 7.92. The fourth-order valence-electron chi connectivity index (χ4n) is 3.38. The maximum atomic E-state index is 5.77. The highest BCUT2D eigenvalue weighted by Crippen LogP contribution is 2.35. The predicted octanol–water partition coefficient (Wildman–Crippen LogP) is 4.46. The van der Waals surface area contributed by atoms with Gasteiger partial charge in [0.2, 0.25) is 11.8 Å². The van der Waals surface area contributed by atoms with Gasteiger partial charge in [-0.3, -0.25) is 0 Å². The number of allylic oxidation sites excluding steroid dienone is 1. The van der Waals surface area contributed by atoms with Crippen molar-refractivity contribution >= 4 is 17.5 Å². The van der Waals surface area contributed by atoms with E-state index in [0.717, 1.165) is 34.5 Å². The Morgan fingerprint density at radius 2 is 1.76 bits per heavy atom. The summed E-state index contributed by atoms with van der Waals surface area (Å²) in [6.07, 6.45) is 3.10. The first kappa shape index (κ1) is 19.1. The topological polar surface area (TPSA) is 88.8 Å². The van der Waals surface area contributed by atoms with Crippen LogP contribution in [-0.4, -0.2) is 32.2 Å². The Kier molecular flexibility index (Phi) is 5.05. The minimum Gasteiger partial charge on any atom is -0.403 e. The van der Waals surface area contributed by atoms with Crippen LogP contribution in [0.5, 0.6) is 0 Å². The number of nitrogens with one attached hydrogen (secondary N) is 2. The van der Waals surface area contributed by atoms with E-state index in [1.165, 1.54) is 5.56 Å². The second kappa shape index (κ2) is 7.66. The molecule has 7 nitrogen and oxygen atoms in total. The number of hydrogen-bond donors (Lipinski definition) is 2. The summed E-state index contributed by atoms with van der Waals surface area (Å²) in [5, 5.41) is 14.7. The number of aryl methyl sites for hydroxylation is 1. The normalized spacial score (nSPS) is 13.0. The highest BCUT2D eigenvalue weighted by Gasteiger charge is 2.20. The van der Waals surface area contributed by atoms with E-state index in [1.54, 1.807) is 0 Å². The largest absolute Gasteiger partial charge is 0.403 e. The molecule has 1 aliphatic rings. The lowest BCUT2D eigenvalue weighted by Gasteiger charge is -2.12. The summed E-state index contributed by atoms with van der Waals surface area (Å²) in [6.45, 7) is 10.2. The summed E-state index contributed by atoms with van der Waals surface area (Å²) < 4.78 is 5.77. The highest BCUT2D eigenvalue weighted by molar-refractivity contribution is 5.85. The van der Waals surface area contributed by atoms with Gasteiger partial charge in [-0.25, -0.2) is 9.97 Å². The van der Waals surface area contributed by atoms with Gasteiger partial charge in [0.1, 0.15) is 0 Å². The predicted molar refractivity (Wildman–Crippen MR) is 115 cm³/mol. The molecule has 2 heterocycles. The smallest absolute Gasteiger partial charge is 0.315 e. The minimum absolute atomic E-state index is 0.229. The van der Waals surface area contributed by atoms with Gasteiger partial charge in [-0.2, -0.15) is 0 Å². The van der Waals surface area contributed by atoms with Gasteiger partial charge in [0, 0.05) is 28.9 Å². The van der Waals surface area contributed by atoms with E-state index < -0.39 is 0 Å². The van der Waals surface area contributed by atoms with E-state index in [1.807, 2.05) is 32.9 Å². The number of hydrogen-bond acceptors (Lipinski definition) is 7. The SMILES string of the molecule is Cc1cc(C2=CCc3ccc(-c4nnc(NC(C)C)o4)cc32)nc(NC(C)C)n1. The molecular formula is C22H26N6O. The van der Waals surface area contributed by atoms with Crippen molar-refractivity contribution in [2.24, 2.45) is 0 Å². The highest BCUT2D eigenvalue weighted by atomic mass is 16.4. The van der Waals surface area contributed by atoms with Crippen molar-refractivity contribution in [3.05, 3.63) is 52.9 Å². The lowest BCUT2D eigenvalue weighted by molar-refractivity contribution is 0.574. The zero-order valence-corrected chi connectivity index (χ0v) is 17.4. The van der Waals surface area contributed by atoms with Gasteiger partial charge >= 0.3 is 6.01 Å².